The van der Waals surface area contributed by atoms with E-state index in [1.54, 1.807) is 0 Å². The lowest BCUT2D eigenvalue weighted by Gasteiger charge is -2.22. The quantitative estimate of drug-likeness (QED) is 0.771. The summed E-state index contributed by atoms with van der Waals surface area (Å²) in [5.74, 6) is 2.24. The third kappa shape index (κ3) is 2.76. The SMILES string of the molecule is CCC(C)C(C)n1c(CCCl)nc2ccc(C)nc21. The van der Waals surface area contributed by atoms with E-state index >= 15 is 0 Å². The predicted molar refractivity (Wildman–Crippen MR) is 80.9 cm³/mol. The summed E-state index contributed by atoms with van der Waals surface area (Å²) < 4.78 is 2.28. The fourth-order valence-electron chi connectivity index (χ4n) is 2.40. The first-order valence-electron chi connectivity index (χ1n) is 6.98. The first kappa shape index (κ1) is 14.3. The van der Waals surface area contributed by atoms with Crippen LogP contribution in [-0.2, 0) is 6.42 Å². The molecular formula is C15H22ClN3. The van der Waals surface area contributed by atoms with Gasteiger partial charge in [-0.05, 0) is 31.9 Å². The van der Waals surface area contributed by atoms with Crippen molar-refractivity contribution in [2.45, 2.75) is 46.6 Å². The van der Waals surface area contributed by atoms with Gasteiger partial charge in [-0.2, -0.15) is 0 Å². The van der Waals surface area contributed by atoms with Crippen LogP contribution in [0.4, 0.5) is 0 Å². The minimum absolute atomic E-state index is 0.391. The van der Waals surface area contributed by atoms with Gasteiger partial charge in [-0.1, -0.05) is 20.3 Å². The topological polar surface area (TPSA) is 30.7 Å². The molecule has 19 heavy (non-hydrogen) atoms. The van der Waals surface area contributed by atoms with Gasteiger partial charge in [0.05, 0.1) is 0 Å². The highest BCUT2D eigenvalue weighted by molar-refractivity contribution is 6.17. The Morgan fingerprint density at radius 1 is 1.26 bits per heavy atom. The number of nitrogens with zero attached hydrogens (tertiary/aromatic N) is 3. The summed E-state index contributed by atoms with van der Waals surface area (Å²) in [6, 6.07) is 4.45. The van der Waals surface area contributed by atoms with E-state index in [0.29, 0.717) is 17.8 Å². The maximum atomic E-state index is 5.91. The van der Waals surface area contributed by atoms with Gasteiger partial charge in [0.15, 0.2) is 5.65 Å². The lowest BCUT2D eigenvalue weighted by atomic mass is 10.0. The molecule has 0 saturated carbocycles. The van der Waals surface area contributed by atoms with Crippen LogP contribution in [0.15, 0.2) is 12.1 Å². The highest BCUT2D eigenvalue weighted by Crippen LogP contribution is 2.27. The van der Waals surface area contributed by atoms with E-state index in [1.165, 1.54) is 0 Å². The van der Waals surface area contributed by atoms with Crippen LogP contribution in [0.3, 0.4) is 0 Å². The number of rotatable bonds is 5. The number of aromatic nitrogens is 3. The number of pyridine rings is 1. The summed E-state index contributed by atoms with van der Waals surface area (Å²) in [5.41, 5.74) is 3.00. The van der Waals surface area contributed by atoms with Crippen LogP contribution in [0.25, 0.3) is 11.2 Å². The van der Waals surface area contributed by atoms with Gasteiger partial charge in [0.1, 0.15) is 11.3 Å². The summed E-state index contributed by atoms with van der Waals surface area (Å²) in [4.78, 5) is 9.37. The average Bonchev–Trinajstić information content (AvgIpc) is 2.74. The molecule has 0 saturated heterocycles. The highest BCUT2D eigenvalue weighted by Gasteiger charge is 2.20. The smallest absolute Gasteiger partial charge is 0.160 e. The third-order valence-electron chi connectivity index (χ3n) is 3.94. The standard InChI is InChI=1S/C15H22ClN3/c1-5-10(2)12(4)19-14(8-9-16)18-13-7-6-11(3)17-15(13)19/h6-7,10,12H,5,8-9H2,1-4H3. The van der Waals surface area contributed by atoms with E-state index in [-0.39, 0.29) is 0 Å². The monoisotopic (exact) mass is 279 g/mol. The number of halogens is 1. The molecule has 3 nitrogen and oxygen atoms in total. The molecule has 0 aromatic carbocycles. The van der Waals surface area contributed by atoms with Crippen molar-refractivity contribution < 1.29 is 0 Å². The van der Waals surface area contributed by atoms with E-state index in [2.05, 4.69) is 36.4 Å². The highest BCUT2D eigenvalue weighted by atomic mass is 35.5. The first-order chi connectivity index (χ1) is 9.08. The summed E-state index contributed by atoms with van der Waals surface area (Å²) >= 11 is 5.91. The molecule has 2 heterocycles. The first-order valence-corrected chi connectivity index (χ1v) is 7.52. The molecule has 0 fully saturated rings. The van der Waals surface area contributed by atoms with Crippen molar-refractivity contribution >= 4 is 22.8 Å². The van der Waals surface area contributed by atoms with Gasteiger partial charge in [0, 0.05) is 24.0 Å². The lowest BCUT2D eigenvalue weighted by molar-refractivity contribution is 0.368. The van der Waals surface area contributed by atoms with Crippen molar-refractivity contribution in [3.8, 4) is 0 Å². The van der Waals surface area contributed by atoms with Crippen molar-refractivity contribution in [2.75, 3.05) is 5.88 Å². The van der Waals surface area contributed by atoms with Gasteiger partial charge >= 0.3 is 0 Å². The predicted octanol–water partition coefficient (Wildman–Crippen LogP) is 4.13. The summed E-state index contributed by atoms with van der Waals surface area (Å²) in [7, 11) is 0. The molecule has 0 aliphatic rings. The Balaban J connectivity index is 2.59. The minimum atomic E-state index is 0.391. The summed E-state index contributed by atoms with van der Waals surface area (Å²) in [5, 5.41) is 0. The van der Waals surface area contributed by atoms with E-state index in [4.69, 9.17) is 16.6 Å². The largest absolute Gasteiger partial charge is 0.310 e. The number of alkyl halides is 1. The molecule has 2 aromatic rings. The zero-order chi connectivity index (χ0) is 14.0. The Morgan fingerprint density at radius 3 is 2.63 bits per heavy atom. The van der Waals surface area contributed by atoms with Crippen LogP contribution >= 0.6 is 11.6 Å². The Hall–Kier alpha value is -1.09. The number of hydrogen-bond acceptors (Lipinski definition) is 2. The fourth-order valence-corrected chi connectivity index (χ4v) is 2.57. The van der Waals surface area contributed by atoms with Crippen molar-refractivity contribution in [2.24, 2.45) is 5.92 Å². The molecule has 2 rings (SSSR count). The average molecular weight is 280 g/mol. The van der Waals surface area contributed by atoms with Gasteiger partial charge in [-0.25, -0.2) is 9.97 Å². The number of imidazole rings is 1. The van der Waals surface area contributed by atoms with Crippen LogP contribution in [-0.4, -0.2) is 20.4 Å². The third-order valence-corrected chi connectivity index (χ3v) is 4.13. The van der Waals surface area contributed by atoms with Crippen LogP contribution in [0.1, 0.15) is 44.8 Å². The molecule has 4 heteroatoms. The maximum absolute atomic E-state index is 5.91. The molecule has 0 aliphatic carbocycles. The Bertz CT molecular complexity index is 562. The fraction of sp³-hybridized carbons (Fsp3) is 0.600. The van der Waals surface area contributed by atoms with Gasteiger partial charge in [-0.3, -0.25) is 0 Å². The molecule has 0 bridgehead atoms. The zero-order valence-corrected chi connectivity index (χ0v) is 12.9. The molecule has 0 N–H and O–H groups in total. The van der Waals surface area contributed by atoms with Crippen molar-refractivity contribution in [1.29, 1.82) is 0 Å². The molecule has 2 unspecified atom stereocenters. The van der Waals surface area contributed by atoms with Crippen LogP contribution in [0, 0.1) is 12.8 Å². The second kappa shape index (κ2) is 5.91. The Kier molecular flexibility index (Phi) is 4.46. The second-order valence-corrected chi connectivity index (χ2v) is 5.64. The normalized spacial score (nSPS) is 14.8. The van der Waals surface area contributed by atoms with E-state index in [1.807, 2.05) is 13.0 Å². The number of aryl methyl sites for hydroxylation is 2. The molecule has 0 amide bonds. The molecule has 2 atom stereocenters. The molecule has 104 valence electrons. The number of fused-ring (bicyclic) bond motifs is 1. The molecule has 2 aromatic heterocycles. The second-order valence-electron chi connectivity index (χ2n) is 5.26. The van der Waals surface area contributed by atoms with Gasteiger partial charge in [-0.15, -0.1) is 11.6 Å². The maximum Gasteiger partial charge on any atom is 0.160 e. The Morgan fingerprint density at radius 2 is 2.00 bits per heavy atom. The molecule has 0 radical (unpaired) electrons. The van der Waals surface area contributed by atoms with Gasteiger partial charge < -0.3 is 4.57 Å². The summed E-state index contributed by atoms with van der Waals surface area (Å²) in [6.45, 7) is 8.76. The van der Waals surface area contributed by atoms with Crippen LogP contribution < -0.4 is 0 Å². The summed E-state index contributed by atoms with van der Waals surface area (Å²) in [6.07, 6.45) is 1.94. The van der Waals surface area contributed by atoms with Gasteiger partial charge in [0.2, 0.25) is 0 Å². The minimum Gasteiger partial charge on any atom is -0.310 e. The van der Waals surface area contributed by atoms with E-state index in [0.717, 1.165) is 35.5 Å². The molecule has 0 aliphatic heterocycles. The Labute approximate surface area is 120 Å². The van der Waals surface area contributed by atoms with Crippen molar-refractivity contribution in [3.63, 3.8) is 0 Å². The van der Waals surface area contributed by atoms with E-state index < -0.39 is 0 Å². The van der Waals surface area contributed by atoms with Crippen LogP contribution in [0.5, 0.6) is 0 Å². The van der Waals surface area contributed by atoms with Crippen molar-refractivity contribution in [1.82, 2.24) is 14.5 Å². The molecular weight excluding hydrogens is 258 g/mol. The van der Waals surface area contributed by atoms with E-state index in [9.17, 15) is 0 Å². The number of hydrogen-bond donors (Lipinski definition) is 0. The van der Waals surface area contributed by atoms with Gasteiger partial charge in [0.25, 0.3) is 0 Å². The van der Waals surface area contributed by atoms with Crippen LogP contribution in [0.2, 0.25) is 0 Å². The molecule has 0 spiro atoms. The zero-order valence-electron chi connectivity index (χ0n) is 12.2. The lowest BCUT2D eigenvalue weighted by Crippen LogP contribution is -2.17. The van der Waals surface area contributed by atoms with Crippen molar-refractivity contribution in [3.05, 3.63) is 23.7 Å².